The van der Waals surface area contributed by atoms with Crippen molar-refractivity contribution >= 4 is 15.9 Å². The summed E-state index contributed by atoms with van der Waals surface area (Å²) < 4.78 is 6.45. The van der Waals surface area contributed by atoms with Crippen LogP contribution >= 0.6 is 15.9 Å². The Morgan fingerprint density at radius 1 is 1.10 bits per heavy atom. The average Bonchev–Trinajstić information content (AvgIpc) is 2.50. The molecule has 0 amide bonds. The van der Waals surface area contributed by atoms with Crippen molar-refractivity contribution in [3.63, 3.8) is 0 Å². The molecule has 0 saturated carbocycles. The van der Waals surface area contributed by atoms with Crippen LogP contribution in [0.4, 0.5) is 0 Å². The van der Waals surface area contributed by atoms with E-state index in [0.717, 1.165) is 23.1 Å². The van der Waals surface area contributed by atoms with Gasteiger partial charge in [-0.15, -0.1) is 0 Å². The molecule has 0 aliphatic rings. The number of rotatable bonds is 6. The van der Waals surface area contributed by atoms with Gasteiger partial charge in [-0.3, -0.25) is 0 Å². The molecule has 112 valence electrons. The summed E-state index contributed by atoms with van der Waals surface area (Å²) in [6.07, 6.45) is 1.98. The SMILES string of the molecule is CNC(Cc1ccccc1C)Cc1cc(OC)ccc1Br. The molecule has 3 heteroatoms. The number of halogens is 1. The first kappa shape index (κ1) is 16.1. The van der Waals surface area contributed by atoms with E-state index in [1.54, 1.807) is 7.11 Å². The molecule has 1 unspecified atom stereocenters. The fourth-order valence-corrected chi connectivity index (χ4v) is 2.89. The fourth-order valence-electron chi connectivity index (χ4n) is 2.48. The van der Waals surface area contributed by atoms with E-state index in [0.29, 0.717) is 6.04 Å². The van der Waals surface area contributed by atoms with Crippen molar-refractivity contribution in [2.45, 2.75) is 25.8 Å². The molecule has 1 atom stereocenters. The molecular weight excluding hydrogens is 326 g/mol. The molecule has 0 radical (unpaired) electrons. The Morgan fingerprint density at radius 2 is 1.81 bits per heavy atom. The summed E-state index contributed by atoms with van der Waals surface area (Å²) in [5.41, 5.74) is 4.01. The Balaban J connectivity index is 2.14. The standard InChI is InChI=1S/C18H22BrNO/c1-13-6-4-5-7-14(13)10-16(20-2)11-15-12-17(21-3)8-9-18(15)19/h4-9,12,16,20H,10-11H2,1-3H3. The van der Waals surface area contributed by atoms with Crippen molar-refractivity contribution < 1.29 is 4.74 Å². The lowest BCUT2D eigenvalue weighted by Gasteiger charge is -2.19. The minimum Gasteiger partial charge on any atom is -0.497 e. The third kappa shape index (κ3) is 4.32. The van der Waals surface area contributed by atoms with Gasteiger partial charge in [0, 0.05) is 10.5 Å². The molecule has 0 bridgehead atoms. The molecular formula is C18H22BrNO. The maximum Gasteiger partial charge on any atom is 0.119 e. The zero-order valence-corrected chi connectivity index (χ0v) is 14.4. The Hall–Kier alpha value is -1.32. The van der Waals surface area contributed by atoms with Gasteiger partial charge >= 0.3 is 0 Å². The summed E-state index contributed by atoms with van der Waals surface area (Å²) in [7, 11) is 3.73. The highest BCUT2D eigenvalue weighted by Crippen LogP contribution is 2.24. The van der Waals surface area contributed by atoms with Crippen molar-refractivity contribution in [2.75, 3.05) is 14.2 Å². The molecule has 0 spiro atoms. The van der Waals surface area contributed by atoms with Crippen LogP contribution in [0.15, 0.2) is 46.9 Å². The summed E-state index contributed by atoms with van der Waals surface area (Å²) in [6, 6.07) is 15.1. The molecule has 0 aromatic heterocycles. The largest absolute Gasteiger partial charge is 0.497 e. The second-order valence-corrected chi connectivity index (χ2v) is 6.13. The molecule has 2 rings (SSSR count). The zero-order valence-electron chi connectivity index (χ0n) is 12.8. The van der Waals surface area contributed by atoms with Crippen molar-refractivity contribution in [1.29, 1.82) is 0 Å². The van der Waals surface area contributed by atoms with Crippen molar-refractivity contribution in [1.82, 2.24) is 5.32 Å². The lowest BCUT2D eigenvalue weighted by atomic mass is 9.96. The maximum atomic E-state index is 5.32. The molecule has 0 heterocycles. The van der Waals surface area contributed by atoms with Gasteiger partial charge in [0.1, 0.15) is 5.75 Å². The number of aryl methyl sites for hydroxylation is 1. The molecule has 2 aromatic carbocycles. The fraction of sp³-hybridized carbons (Fsp3) is 0.333. The summed E-state index contributed by atoms with van der Waals surface area (Å²) in [5, 5.41) is 3.43. The molecule has 2 nitrogen and oxygen atoms in total. The predicted molar refractivity (Wildman–Crippen MR) is 92.1 cm³/mol. The van der Waals surface area contributed by atoms with Crippen LogP contribution in [0.3, 0.4) is 0 Å². The van der Waals surface area contributed by atoms with Crippen LogP contribution in [-0.4, -0.2) is 20.2 Å². The minimum absolute atomic E-state index is 0.398. The number of methoxy groups -OCH3 is 1. The van der Waals surface area contributed by atoms with Gasteiger partial charge < -0.3 is 10.1 Å². The van der Waals surface area contributed by atoms with Gasteiger partial charge in [-0.25, -0.2) is 0 Å². The van der Waals surface area contributed by atoms with Gasteiger partial charge in [-0.1, -0.05) is 40.2 Å². The van der Waals surface area contributed by atoms with Gasteiger partial charge in [0.2, 0.25) is 0 Å². The lowest BCUT2D eigenvalue weighted by Crippen LogP contribution is -2.30. The zero-order chi connectivity index (χ0) is 15.2. The highest BCUT2D eigenvalue weighted by atomic mass is 79.9. The van der Waals surface area contributed by atoms with Crippen LogP contribution in [0.2, 0.25) is 0 Å². The third-order valence-electron chi connectivity index (χ3n) is 3.86. The van der Waals surface area contributed by atoms with Gasteiger partial charge in [0.15, 0.2) is 0 Å². The van der Waals surface area contributed by atoms with E-state index in [1.807, 2.05) is 13.1 Å². The van der Waals surface area contributed by atoms with Crippen LogP contribution < -0.4 is 10.1 Å². The van der Waals surface area contributed by atoms with E-state index < -0.39 is 0 Å². The Bertz CT molecular complexity index is 598. The molecule has 0 saturated heterocycles. The monoisotopic (exact) mass is 347 g/mol. The number of hydrogen-bond acceptors (Lipinski definition) is 2. The first-order valence-corrected chi connectivity index (χ1v) is 7.97. The number of likely N-dealkylation sites (N-methyl/N-ethyl adjacent to an activating group) is 1. The number of ether oxygens (including phenoxy) is 1. The molecule has 0 aliphatic carbocycles. The second-order valence-electron chi connectivity index (χ2n) is 5.28. The Labute approximate surface area is 135 Å². The normalized spacial score (nSPS) is 12.2. The van der Waals surface area contributed by atoms with Crippen LogP contribution in [0.25, 0.3) is 0 Å². The highest BCUT2D eigenvalue weighted by Gasteiger charge is 2.12. The van der Waals surface area contributed by atoms with Crippen LogP contribution in [0, 0.1) is 6.92 Å². The number of benzene rings is 2. The quantitative estimate of drug-likeness (QED) is 0.847. The maximum absolute atomic E-state index is 5.32. The third-order valence-corrected chi connectivity index (χ3v) is 4.63. The van der Waals surface area contributed by atoms with E-state index in [9.17, 15) is 0 Å². The molecule has 21 heavy (non-hydrogen) atoms. The summed E-state index contributed by atoms with van der Waals surface area (Å²) in [5.74, 6) is 0.902. The van der Waals surface area contributed by atoms with Crippen molar-refractivity contribution in [3.05, 3.63) is 63.6 Å². The van der Waals surface area contributed by atoms with E-state index >= 15 is 0 Å². The summed E-state index contributed by atoms with van der Waals surface area (Å²) in [6.45, 7) is 2.17. The highest BCUT2D eigenvalue weighted by molar-refractivity contribution is 9.10. The van der Waals surface area contributed by atoms with E-state index in [1.165, 1.54) is 16.7 Å². The first-order chi connectivity index (χ1) is 10.1. The smallest absolute Gasteiger partial charge is 0.119 e. The van der Waals surface area contributed by atoms with Gasteiger partial charge in [-0.05, 0) is 61.7 Å². The van der Waals surface area contributed by atoms with Gasteiger partial charge in [-0.2, -0.15) is 0 Å². The number of nitrogens with one attached hydrogen (secondary N) is 1. The van der Waals surface area contributed by atoms with Crippen LogP contribution in [0.1, 0.15) is 16.7 Å². The summed E-state index contributed by atoms with van der Waals surface area (Å²) in [4.78, 5) is 0. The van der Waals surface area contributed by atoms with E-state index in [2.05, 4.69) is 64.6 Å². The van der Waals surface area contributed by atoms with E-state index in [-0.39, 0.29) is 0 Å². The first-order valence-electron chi connectivity index (χ1n) is 7.18. The lowest BCUT2D eigenvalue weighted by molar-refractivity contribution is 0.413. The van der Waals surface area contributed by atoms with Gasteiger partial charge in [0.05, 0.1) is 7.11 Å². The second kappa shape index (κ2) is 7.62. The Morgan fingerprint density at radius 3 is 2.48 bits per heavy atom. The van der Waals surface area contributed by atoms with Gasteiger partial charge in [0.25, 0.3) is 0 Å². The predicted octanol–water partition coefficient (Wildman–Crippen LogP) is 4.14. The molecule has 0 fully saturated rings. The van der Waals surface area contributed by atoms with E-state index in [4.69, 9.17) is 4.74 Å². The van der Waals surface area contributed by atoms with Crippen LogP contribution in [-0.2, 0) is 12.8 Å². The topological polar surface area (TPSA) is 21.3 Å². The Kier molecular flexibility index (Phi) is 5.83. The van der Waals surface area contributed by atoms with Crippen molar-refractivity contribution in [2.24, 2.45) is 0 Å². The summed E-state index contributed by atoms with van der Waals surface area (Å²) >= 11 is 3.63. The molecule has 1 N–H and O–H groups in total. The van der Waals surface area contributed by atoms with Crippen LogP contribution in [0.5, 0.6) is 5.75 Å². The number of hydrogen-bond donors (Lipinski definition) is 1. The molecule has 0 aliphatic heterocycles. The average molecular weight is 348 g/mol. The minimum atomic E-state index is 0.398. The van der Waals surface area contributed by atoms with Crippen molar-refractivity contribution in [3.8, 4) is 5.75 Å². The molecule has 2 aromatic rings.